The van der Waals surface area contributed by atoms with E-state index in [-0.39, 0.29) is 42.8 Å². The number of hydrogen-bond donors (Lipinski definition) is 3. The highest BCUT2D eigenvalue weighted by Crippen LogP contribution is 2.44. The van der Waals surface area contributed by atoms with Crippen LogP contribution in [0.1, 0.15) is 147 Å². The zero-order valence-corrected chi connectivity index (χ0v) is 60.9. The van der Waals surface area contributed by atoms with E-state index in [9.17, 15) is 29.1 Å². The number of imidazole rings is 2. The lowest BCUT2D eigenvalue weighted by atomic mass is 9.75. The van der Waals surface area contributed by atoms with E-state index in [2.05, 4.69) is 65.8 Å². The van der Waals surface area contributed by atoms with Crippen LogP contribution >= 0.6 is 15.9 Å². The third-order valence-corrected chi connectivity index (χ3v) is 21.3. The second-order valence-corrected chi connectivity index (χ2v) is 29.2. The van der Waals surface area contributed by atoms with E-state index >= 15 is 0 Å². The number of nitrogens with one attached hydrogen (secondary N) is 2. The summed E-state index contributed by atoms with van der Waals surface area (Å²) in [6.07, 6.45) is 17.3. The topological polar surface area (TPSA) is 249 Å². The van der Waals surface area contributed by atoms with E-state index in [4.69, 9.17) is 28.5 Å². The first-order chi connectivity index (χ1) is 50.8. The predicted octanol–water partition coefficient (Wildman–Crippen LogP) is 12.0. The fraction of sp³-hybridized carbons (Fsp3) is 0.338. The van der Waals surface area contributed by atoms with Crippen LogP contribution in [0.5, 0.6) is 0 Å². The zero-order chi connectivity index (χ0) is 72.7. The van der Waals surface area contributed by atoms with Gasteiger partial charge in [-0.25, -0.2) is 19.9 Å². The van der Waals surface area contributed by atoms with Crippen molar-refractivity contribution in [2.75, 3.05) is 86.1 Å². The molecule has 7 aliphatic rings. The normalized spacial score (nSPS) is 17.5. The van der Waals surface area contributed by atoms with Crippen molar-refractivity contribution in [3.05, 3.63) is 219 Å². The van der Waals surface area contributed by atoms with Crippen molar-refractivity contribution in [1.82, 2.24) is 38.5 Å². The minimum Gasteiger partial charge on any atom is -0.461 e. The first kappa shape index (κ1) is 70.5. The van der Waals surface area contributed by atoms with Gasteiger partial charge in [0.1, 0.15) is 11.2 Å². The van der Waals surface area contributed by atoms with Gasteiger partial charge >= 0.3 is 13.1 Å². The van der Waals surface area contributed by atoms with Gasteiger partial charge in [0.05, 0.1) is 61.3 Å². The number of nitrogens with zero attached hydrogens (tertiary/aromatic N) is 10. The summed E-state index contributed by atoms with van der Waals surface area (Å²) in [7, 11) is -0.621. The fourth-order valence-corrected chi connectivity index (χ4v) is 14.5. The maximum atomic E-state index is 13.8. The molecule has 538 valence electrons. The van der Waals surface area contributed by atoms with Gasteiger partial charge in [-0.3, -0.25) is 24.0 Å². The van der Waals surface area contributed by atoms with E-state index in [0.29, 0.717) is 127 Å². The van der Waals surface area contributed by atoms with E-state index in [1.165, 1.54) is 43.7 Å². The number of esters is 1. The predicted molar refractivity (Wildman–Crippen MR) is 403 cm³/mol. The summed E-state index contributed by atoms with van der Waals surface area (Å²) in [5, 5.41) is 17.3. The average molecular weight is 1480 g/mol. The second-order valence-electron chi connectivity index (χ2n) is 28.4. The lowest BCUT2D eigenvalue weighted by Crippen LogP contribution is -2.42. The molecule has 0 unspecified atom stereocenters. The fourth-order valence-electron chi connectivity index (χ4n) is 14.1. The Kier molecular flexibility index (Phi) is 20.0. The van der Waals surface area contributed by atoms with Gasteiger partial charge in [-0.2, -0.15) is 0 Å². The van der Waals surface area contributed by atoms with Gasteiger partial charge in [-0.05, 0) is 194 Å². The van der Waals surface area contributed by atoms with E-state index in [1.54, 1.807) is 39.2 Å². The lowest BCUT2D eigenvalue weighted by molar-refractivity contribution is -0.142. The number of anilines is 6. The number of rotatable bonds is 15. The van der Waals surface area contributed by atoms with Gasteiger partial charge in [0.15, 0.2) is 22.9 Å². The van der Waals surface area contributed by atoms with Gasteiger partial charge < -0.3 is 67.7 Å². The minimum atomic E-state index is -0.621. The summed E-state index contributed by atoms with van der Waals surface area (Å²) in [6, 6.07) is 38.7. The quantitative estimate of drug-likeness (QED) is 0.0637. The van der Waals surface area contributed by atoms with Crippen LogP contribution in [0.3, 0.4) is 0 Å². The molecular formula is C80H82BBrN12O11. The van der Waals surface area contributed by atoms with E-state index in [1.807, 2.05) is 151 Å². The number of fused-ring (bicyclic) bond motifs is 4. The molecule has 0 spiro atoms. The van der Waals surface area contributed by atoms with Gasteiger partial charge in [0.2, 0.25) is 0 Å². The van der Waals surface area contributed by atoms with Crippen molar-refractivity contribution in [2.45, 2.75) is 109 Å². The van der Waals surface area contributed by atoms with E-state index in [0.717, 1.165) is 74.4 Å². The number of aliphatic hydroxyl groups excluding tert-OH is 1. The van der Waals surface area contributed by atoms with Crippen molar-refractivity contribution >= 4 is 104 Å². The number of hydrogen-bond acceptors (Lipinski definition) is 17. The molecule has 17 rings (SSSR count). The molecule has 9 heterocycles. The molecule has 4 aromatic heterocycles. The molecular weight excluding hydrogens is 1400 g/mol. The van der Waals surface area contributed by atoms with Crippen molar-refractivity contribution in [3.8, 4) is 11.3 Å². The average Bonchev–Trinajstić information content (AvgIpc) is 1.71. The highest BCUT2D eigenvalue weighted by atomic mass is 79.9. The van der Waals surface area contributed by atoms with Gasteiger partial charge in [-0.1, -0.05) is 48.5 Å². The summed E-state index contributed by atoms with van der Waals surface area (Å²) in [5.41, 5.74) is 14.5. The molecule has 0 radical (unpaired) electrons. The lowest BCUT2D eigenvalue weighted by Gasteiger charge is -2.32. The Labute approximate surface area is 617 Å². The molecule has 25 heteroatoms. The number of aliphatic hydroxyl groups is 1. The highest BCUT2D eigenvalue weighted by molar-refractivity contribution is 9.10. The minimum absolute atomic E-state index is 0.0132. The molecule has 105 heavy (non-hydrogen) atoms. The number of morpholine rings is 2. The van der Waals surface area contributed by atoms with E-state index < -0.39 is 18.3 Å². The molecule has 5 fully saturated rings. The first-order valence-electron chi connectivity index (χ1n) is 35.9. The largest absolute Gasteiger partial charge is 0.495 e. The zero-order valence-electron chi connectivity index (χ0n) is 59.4. The number of benzene rings is 6. The summed E-state index contributed by atoms with van der Waals surface area (Å²) in [6.45, 7) is 15.1. The maximum absolute atomic E-state index is 13.8. The van der Waals surface area contributed by atoms with Crippen molar-refractivity contribution in [3.63, 3.8) is 0 Å². The molecule has 3 saturated heterocycles. The van der Waals surface area contributed by atoms with Crippen LogP contribution < -0.4 is 25.9 Å². The molecule has 6 aromatic carbocycles. The third-order valence-electron chi connectivity index (χ3n) is 20.9. The van der Waals surface area contributed by atoms with Crippen LogP contribution in [-0.4, -0.2) is 157 Å². The molecule has 4 amide bonds. The Morgan fingerprint density at radius 3 is 1.55 bits per heavy atom. The molecule has 2 saturated carbocycles. The standard InChI is InChI=1S/C36H34N6O4.C27H32BNO5.C17H16BrN5O2/c43-22-30-29(2-1-3-32(30)42-14-12-26-20-25(23-4-5-23)8-11-28(26)36(42)45)31-21-41-15-13-37-34(41)33(39-31)38-27-9-6-24(7-10-27)35(44)40-16-18-46-19-17-40;1-17(30)32-16-22-23(28-33-26(2,3)27(4,5)34-28)7-6-8-24(22)29-14-13-20-15-19(18-9-10-18)11-12-21(20)25(29)31;18-14-11-23-6-5-19-16(23)15(21-14)20-13-3-1-12(2-4-13)17(24)22-7-9-25-10-8-22/h1-3,6-11,13,15,20-21,23,43H,4-5,12,14,16-19,22H2,(H,38,39);6-8,11-12,15,18H,9-10,13-14,16H2,1-5H3;1-6,11H,7-10H2,(H,20,21). The summed E-state index contributed by atoms with van der Waals surface area (Å²) in [4.78, 5) is 89.8. The molecule has 0 atom stereocenters. The van der Waals surface area contributed by atoms with Crippen LogP contribution in [0.15, 0.2) is 163 Å². The monoisotopic (exact) mass is 1480 g/mol. The van der Waals surface area contributed by atoms with Crippen LogP contribution in [0.4, 0.5) is 34.4 Å². The first-order valence-corrected chi connectivity index (χ1v) is 36.7. The number of carbonyl (C=O) groups excluding carboxylic acids is 5. The summed E-state index contributed by atoms with van der Waals surface area (Å²) >= 11 is 3.40. The molecule has 0 bridgehead atoms. The summed E-state index contributed by atoms with van der Waals surface area (Å²) in [5.74, 6) is 2.03. The molecule has 23 nitrogen and oxygen atoms in total. The Hall–Kier alpha value is -10.1. The van der Waals surface area contributed by atoms with Crippen LogP contribution in [0.25, 0.3) is 22.6 Å². The third kappa shape index (κ3) is 15.0. The number of amides is 4. The number of ether oxygens (including phenoxy) is 3. The molecule has 10 aromatic rings. The molecule has 5 aliphatic heterocycles. The Bertz CT molecular complexity index is 4950. The molecule has 2 aliphatic carbocycles. The van der Waals surface area contributed by atoms with Crippen LogP contribution in [0, 0.1) is 0 Å². The smallest absolute Gasteiger partial charge is 0.461 e. The van der Waals surface area contributed by atoms with Crippen molar-refractivity contribution in [2.24, 2.45) is 0 Å². The van der Waals surface area contributed by atoms with Crippen LogP contribution in [-0.2, 0) is 54.4 Å². The van der Waals surface area contributed by atoms with Crippen LogP contribution in [0.2, 0.25) is 0 Å². The van der Waals surface area contributed by atoms with Crippen molar-refractivity contribution < 1.29 is 52.6 Å². The SMILES string of the molecule is CC(=O)OCc1c(B2OC(C)(C)C(C)(C)O2)cccc1N1CCc2cc(C3CC3)ccc2C1=O.O=C(c1ccc(Nc2nc(-c3cccc(N4CCc5cc(C6CC6)ccc5C4=O)c3CO)cn3ccnc23)cc1)N1CCOCC1.O=C(c1ccc(Nc2nc(Br)cn3ccnc23)cc1)N1CCOCC1. The van der Waals surface area contributed by atoms with Crippen molar-refractivity contribution in [1.29, 1.82) is 0 Å². The second kappa shape index (κ2) is 29.8. The number of aromatic nitrogens is 6. The summed E-state index contributed by atoms with van der Waals surface area (Å²) < 4.78 is 33.2. The Morgan fingerprint density at radius 2 is 1.07 bits per heavy atom. The Balaban J connectivity index is 0.000000133. The Morgan fingerprint density at radius 1 is 0.590 bits per heavy atom. The van der Waals surface area contributed by atoms with Gasteiger partial charge in [0.25, 0.3) is 23.6 Å². The number of carbonyl (C=O) groups is 5. The van der Waals surface area contributed by atoms with Gasteiger partial charge in [0, 0.05) is 134 Å². The molecule has 3 N–H and O–H groups in total. The highest BCUT2D eigenvalue weighted by Gasteiger charge is 2.53. The van der Waals surface area contributed by atoms with Gasteiger partial charge in [-0.15, -0.1) is 0 Å². The maximum Gasteiger partial charge on any atom is 0.495 e. The number of halogens is 1.